The van der Waals surface area contributed by atoms with Gasteiger partial charge in [-0.3, -0.25) is 4.79 Å². The van der Waals surface area contributed by atoms with Gasteiger partial charge in [0.25, 0.3) is 0 Å². The molecule has 0 heterocycles. The van der Waals surface area contributed by atoms with Crippen LogP contribution in [-0.4, -0.2) is 9.02 Å². The van der Waals surface area contributed by atoms with Crippen molar-refractivity contribution in [3.05, 3.63) is 70.8 Å². The summed E-state index contributed by atoms with van der Waals surface area (Å²) in [6.07, 6.45) is 0.803. The van der Waals surface area contributed by atoms with Gasteiger partial charge in [-0.05, 0) is 24.5 Å². The molecule has 0 unspecified atom stereocenters. The lowest BCUT2D eigenvalue weighted by atomic mass is 9.94. The summed E-state index contributed by atoms with van der Waals surface area (Å²) in [7, 11) is 0. The van der Waals surface area contributed by atoms with Gasteiger partial charge in [-0.15, -0.1) is 0 Å². The first-order valence-electron chi connectivity index (χ1n) is 7.05. The molecule has 21 heavy (non-hydrogen) atoms. The summed E-state index contributed by atoms with van der Waals surface area (Å²) in [6.45, 7) is 2.08. The third-order valence-electron chi connectivity index (χ3n) is 4.91. The summed E-state index contributed by atoms with van der Waals surface area (Å²) >= 11 is 7.57. The highest BCUT2D eigenvalue weighted by Gasteiger charge is 2.80. The minimum Gasteiger partial charge on any atom is -0.293 e. The lowest BCUT2D eigenvalue weighted by molar-refractivity contribution is 0.0915. The molecule has 2 aromatic carbocycles. The Bertz CT molecular complexity index is 748. The van der Waals surface area contributed by atoms with Gasteiger partial charge in [-0.2, -0.15) is 0 Å². The van der Waals surface area contributed by atoms with E-state index in [1.807, 2.05) is 18.2 Å². The Morgan fingerprint density at radius 1 is 1.05 bits per heavy atom. The van der Waals surface area contributed by atoms with Crippen molar-refractivity contribution >= 4 is 37.6 Å². The zero-order valence-electron chi connectivity index (χ0n) is 11.6. The van der Waals surface area contributed by atoms with E-state index in [2.05, 4.69) is 69.1 Å². The molecule has 0 bridgehead atoms. The molecule has 2 aliphatic carbocycles. The Kier molecular flexibility index (Phi) is 2.81. The average Bonchev–Trinajstić information content (AvgIpc) is 2.80. The van der Waals surface area contributed by atoms with Crippen LogP contribution >= 0.6 is 31.9 Å². The van der Waals surface area contributed by atoms with Crippen LogP contribution in [0.2, 0.25) is 0 Å². The summed E-state index contributed by atoms with van der Waals surface area (Å²) < 4.78 is -0.335. The predicted molar refractivity (Wildman–Crippen MR) is 91.4 cm³/mol. The molecule has 0 aliphatic heterocycles. The molecule has 3 heteroatoms. The van der Waals surface area contributed by atoms with Gasteiger partial charge < -0.3 is 0 Å². The number of fused-ring (bicyclic) bond motifs is 1. The van der Waals surface area contributed by atoms with Crippen molar-refractivity contribution in [2.24, 2.45) is 5.41 Å². The molecule has 0 amide bonds. The fourth-order valence-electron chi connectivity index (χ4n) is 3.73. The monoisotopic (exact) mass is 404 g/mol. The zero-order chi connectivity index (χ0) is 14.8. The molecule has 106 valence electrons. The predicted octanol–water partition coefficient (Wildman–Crippen LogP) is 5.00. The molecule has 0 saturated heterocycles. The number of alkyl halides is 2. The number of aryl methyl sites for hydroxylation is 1. The number of ketones is 1. The molecular weight excluding hydrogens is 392 g/mol. The van der Waals surface area contributed by atoms with Crippen molar-refractivity contribution in [1.82, 2.24) is 0 Å². The number of benzene rings is 2. The summed E-state index contributed by atoms with van der Waals surface area (Å²) in [4.78, 5) is 13.0. The van der Waals surface area contributed by atoms with Gasteiger partial charge in [0.15, 0.2) is 5.78 Å². The van der Waals surface area contributed by atoms with E-state index in [-0.39, 0.29) is 20.3 Å². The van der Waals surface area contributed by atoms with E-state index >= 15 is 0 Å². The van der Waals surface area contributed by atoms with E-state index < -0.39 is 0 Å². The standard InChI is InChI=1S/C18H14Br2O/c1-11-6-8-12(9-7-11)15-17(18(15,19)20)10-13-4-2-3-5-14(13)16(17)21/h2-9,15H,10H2,1H3/t15-,17+/m1/s1. The van der Waals surface area contributed by atoms with Crippen molar-refractivity contribution in [3.8, 4) is 0 Å². The van der Waals surface area contributed by atoms with Crippen molar-refractivity contribution in [3.63, 3.8) is 0 Å². The molecule has 2 aliphatic rings. The molecule has 1 spiro atoms. The van der Waals surface area contributed by atoms with Gasteiger partial charge in [0.2, 0.25) is 0 Å². The maximum Gasteiger partial charge on any atom is 0.172 e. The summed E-state index contributed by atoms with van der Waals surface area (Å²) in [5.74, 6) is 0.433. The minimum atomic E-state index is -0.383. The smallest absolute Gasteiger partial charge is 0.172 e. The van der Waals surface area contributed by atoms with Crippen molar-refractivity contribution < 1.29 is 4.79 Å². The number of hydrogen-bond acceptors (Lipinski definition) is 1. The molecular formula is C18H14Br2O. The largest absolute Gasteiger partial charge is 0.293 e. The molecule has 1 fully saturated rings. The Balaban J connectivity index is 1.80. The first-order chi connectivity index (χ1) is 9.98. The van der Waals surface area contributed by atoms with Crippen LogP contribution in [0.1, 0.15) is 33.0 Å². The van der Waals surface area contributed by atoms with E-state index in [1.54, 1.807) is 0 Å². The molecule has 2 aromatic rings. The Labute approximate surface area is 141 Å². The summed E-state index contributed by atoms with van der Waals surface area (Å²) in [6, 6.07) is 16.5. The Hall–Kier alpha value is -0.930. The normalized spacial score (nSPS) is 28.7. The molecule has 0 N–H and O–H groups in total. The Morgan fingerprint density at radius 2 is 1.71 bits per heavy atom. The van der Waals surface area contributed by atoms with Gasteiger partial charge in [0.1, 0.15) is 3.23 Å². The molecule has 0 radical (unpaired) electrons. The highest BCUT2D eigenvalue weighted by molar-refractivity contribution is 9.25. The lowest BCUT2D eigenvalue weighted by Crippen LogP contribution is -2.17. The number of halogens is 2. The minimum absolute atomic E-state index is 0.172. The second kappa shape index (κ2) is 4.30. The molecule has 2 atom stereocenters. The number of hydrogen-bond donors (Lipinski definition) is 0. The van der Waals surface area contributed by atoms with E-state index in [0.29, 0.717) is 0 Å². The van der Waals surface area contributed by atoms with Crippen LogP contribution in [0.4, 0.5) is 0 Å². The SMILES string of the molecule is Cc1ccc([C@H]2C(Br)(Br)[C@@]23Cc2ccccc2C3=O)cc1. The van der Waals surface area contributed by atoms with E-state index in [9.17, 15) is 4.79 Å². The van der Waals surface area contributed by atoms with Gasteiger partial charge >= 0.3 is 0 Å². The third-order valence-corrected chi connectivity index (χ3v) is 7.24. The first kappa shape index (κ1) is 13.7. The second-order valence-electron chi connectivity index (χ2n) is 6.10. The molecule has 1 saturated carbocycles. The topological polar surface area (TPSA) is 17.1 Å². The van der Waals surface area contributed by atoms with Crippen molar-refractivity contribution in [1.29, 1.82) is 0 Å². The number of Topliss-reactive ketones (excluding diaryl/α,β-unsaturated/α-hetero) is 1. The van der Waals surface area contributed by atoms with Crippen LogP contribution in [0, 0.1) is 12.3 Å². The van der Waals surface area contributed by atoms with Gasteiger partial charge in [0, 0.05) is 11.5 Å². The quantitative estimate of drug-likeness (QED) is 0.610. The van der Waals surface area contributed by atoms with Crippen LogP contribution < -0.4 is 0 Å². The van der Waals surface area contributed by atoms with Crippen LogP contribution in [0.3, 0.4) is 0 Å². The fourth-order valence-corrected chi connectivity index (χ4v) is 5.91. The van der Waals surface area contributed by atoms with Crippen LogP contribution in [0.5, 0.6) is 0 Å². The highest BCUT2D eigenvalue weighted by atomic mass is 79.9. The number of carbonyl (C=O) groups is 1. The molecule has 1 nitrogen and oxygen atoms in total. The lowest BCUT2D eigenvalue weighted by Gasteiger charge is -2.08. The van der Waals surface area contributed by atoms with Crippen LogP contribution in [-0.2, 0) is 6.42 Å². The van der Waals surface area contributed by atoms with Gasteiger partial charge in [-0.1, -0.05) is 86.0 Å². The van der Waals surface area contributed by atoms with Gasteiger partial charge in [0.05, 0.1) is 5.41 Å². The zero-order valence-corrected chi connectivity index (χ0v) is 14.7. The first-order valence-corrected chi connectivity index (χ1v) is 8.64. The molecule has 4 rings (SSSR count). The van der Waals surface area contributed by atoms with Crippen LogP contribution in [0.25, 0.3) is 0 Å². The number of rotatable bonds is 1. The highest BCUT2D eigenvalue weighted by Crippen LogP contribution is 2.79. The van der Waals surface area contributed by atoms with E-state index in [1.165, 1.54) is 16.7 Å². The summed E-state index contributed by atoms with van der Waals surface area (Å²) in [5.41, 5.74) is 4.13. The van der Waals surface area contributed by atoms with E-state index in [4.69, 9.17) is 0 Å². The Morgan fingerprint density at radius 3 is 2.38 bits per heavy atom. The summed E-state index contributed by atoms with van der Waals surface area (Å²) in [5, 5.41) is 0. The third kappa shape index (κ3) is 1.65. The molecule has 0 aromatic heterocycles. The van der Waals surface area contributed by atoms with E-state index in [0.717, 1.165) is 12.0 Å². The average molecular weight is 406 g/mol. The van der Waals surface area contributed by atoms with Crippen LogP contribution in [0.15, 0.2) is 48.5 Å². The maximum absolute atomic E-state index is 13.0. The van der Waals surface area contributed by atoms with Crippen molar-refractivity contribution in [2.75, 3.05) is 0 Å². The fraction of sp³-hybridized carbons (Fsp3) is 0.278. The second-order valence-corrected chi connectivity index (χ2v) is 9.67. The van der Waals surface area contributed by atoms with Gasteiger partial charge in [-0.25, -0.2) is 0 Å². The number of carbonyl (C=O) groups excluding carboxylic acids is 1. The van der Waals surface area contributed by atoms with Crippen molar-refractivity contribution in [2.45, 2.75) is 22.5 Å². The maximum atomic E-state index is 13.0.